The Labute approximate surface area is 87.2 Å². The van der Waals surface area contributed by atoms with Crippen molar-refractivity contribution in [3.05, 3.63) is 0 Å². The lowest BCUT2D eigenvalue weighted by atomic mass is 9.96. The molecule has 1 saturated heterocycles. The minimum atomic E-state index is -0.350. The first-order valence-electron chi connectivity index (χ1n) is 4.89. The Bertz CT molecular complexity index is 258. The summed E-state index contributed by atoms with van der Waals surface area (Å²) >= 11 is 1.10. The van der Waals surface area contributed by atoms with Crippen molar-refractivity contribution < 1.29 is 9.59 Å². The lowest BCUT2D eigenvalue weighted by Gasteiger charge is -2.35. The maximum atomic E-state index is 11.6. The molecule has 1 saturated carbocycles. The summed E-state index contributed by atoms with van der Waals surface area (Å²) in [6, 6.07) is 0. The number of carbonyl (C=O) groups is 2. The van der Waals surface area contributed by atoms with Crippen molar-refractivity contribution in [2.45, 2.75) is 31.2 Å². The van der Waals surface area contributed by atoms with Gasteiger partial charge in [0.25, 0.3) is 5.24 Å². The molecule has 1 heterocycles. The van der Waals surface area contributed by atoms with Gasteiger partial charge in [-0.05, 0) is 12.8 Å². The van der Waals surface area contributed by atoms with E-state index in [1.807, 2.05) is 0 Å². The van der Waals surface area contributed by atoms with Crippen LogP contribution in [0.1, 0.15) is 25.7 Å². The number of hydrogen-bond donors (Lipinski definition) is 1. The highest BCUT2D eigenvalue weighted by Crippen LogP contribution is 2.38. The Morgan fingerprint density at radius 2 is 2.00 bits per heavy atom. The lowest BCUT2D eigenvalue weighted by molar-refractivity contribution is -0.128. The molecule has 5 heteroatoms. The van der Waals surface area contributed by atoms with Gasteiger partial charge in [-0.25, -0.2) is 0 Å². The average molecular weight is 214 g/mol. The van der Waals surface area contributed by atoms with Crippen molar-refractivity contribution in [1.29, 1.82) is 0 Å². The normalized spacial score (nSPS) is 26.2. The van der Waals surface area contributed by atoms with Crippen LogP contribution in [0.5, 0.6) is 0 Å². The molecule has 0 bridgehead atoms. The zero-order valence-electron chi connectivity index (χ0n) is 7.99. The number of amides is 2. The fourth-order valence-corrected chi connectivity index (χ4v) is 3.17. The van der Waals surface area contributed by atoms with E-state index in [1.54, 1.807) is 0 Å². The van der Waals surface area contributed by atoms with Gasteiger partial charge in [0.1, 0.15) is 0 Å². The highest BCUT2D eigenvalue weighted by molar-refractivity contribution is 8.14. The third-order valence-electron chi connectivity index (χ3n) is 3.14. The number of carbonyl (C=O) groups excluding carboxylic acids is 2. The SMILES string of the molecule is NCC1(N2C(=O)CSC2=O)CCCC1. The maximum absolute atomic E-state index is 11.6. The molecule has 0 aromatic rings. The van der Waals surface area contributed by atoms with E-state index in [-0.39, 0.29) is 16.7 Å². The molecule has 2 N–H and O–H groups in total. The quantitative estimate of drug-likeness (QED) is 0.743. The Balaban J connectivity index is 2.26. The van der Waals surface area contributed by atoms with E-state index in [1.165, 1.54) is 4.90 Å². The third kappa shape index (κ3) is 1.35. The molecule has 14 heavy (non-hydrogen) atoms. The molecule has 0 spiro atoms. The van der Waals surface area contributed by atoms with Crippen LogP contribution in [-0.2, 0) is 4.79 Å². The predicted octanol–water partition coefficient (Wildman–Crippen LogP) is 0.953. The molecule has 2 amide bonds. The largest absolute Gasteiger partial charge is 0.328 e. The maximum Gasteiger partial charge on any atom is 0.289 e. The Morgan fingerprint density at radius 3 is 2.43 bits per heavy atom. The van der Waals surface area contributed by atoms with E-state index in [2.05, 4.69) is 0 Å². The van der Waals surface area contributed by atoms with Gasteiger partial charge < -0.3 is 5.73 Å². The van der Waals surface area contributed by atoms with Crippen molar-refractivity contribution in [3.63, 3.8) is 0 Å². The first-order valence-corrected chi connectivity index (χ1v) is 5.88. The van der Waals surface area contributed by atoms with Gasteiger partial charge in [-0.3, -0.25) is 14.5 Å². The van der Waals surface area contributed by atoms with Gasteiger partial charge in [0.05, 0.1) is 11.3 Å². The molecule has 1 aliphatic carbocycles. The van der Waals surface area contributed by atoms with E-state index in [4.69, 9.17) is 5.73 Å². The summed E-state index contributed by atoms with van der Waals surface area (Å²) in [5.74, 6) is 0.230. The molecule has 2 fully saturated rings. The standard InChI is InChI=1S/C9H14N2O2S/c10-6-9(3-1-2-4-9)11-7(12)5-14-8(11)13/h1-6,10H2. The molecular formula is C9H14N2O2S. The van der Waals surface area contributed by atoms with Crippen LogP contribution in [0.25, 0.3) is 0 Å². The van der Waals surface area contributed by atoms with Crippen LogP contribution in [0.15, 0.2) is 0 Å². The Morgan fingerprint density at radius 1 is 1.36 bits per heavy atom. The van der Waals surface area contributed by atoms with E-state index < -0.39 is 0 Å². The van der Waals surface area contributed by atoms with Crippen LogP contribution in [0.3, 0.4) is 0 Å². The van der Waals surface area contributed by atoms with Crippen LogP contribution >= 0.6 is 11.8 Å². The topological polar surface area (TPSA) is 63.4 Å². The fraction of sp³-hybridized carbons (Fsp3) is 0.778. The molecule has 0 radical (unpaired) electrons. The number of imide groups is 1. The molecule has 78 valence electrons. The zero-order chi connectivity index (χ0) is 10.2. The molecule has 2 aliphatic rings. The third-order valence-corrected chi connectivity index (χ3v) is 3.96. The van der Waals surface area contributed by atoms with Crippen molar-refractivity contribution >= 4 is 22.9 Å². The second-order valence-electron chi connectivity index (χ2n) is 3.92. The van der Waals surface area contributed by atoms with E-state index in [9.17, 15) is 9.59 Å². The first kappa shape index (κ1) is 9.98. The van der Waals surface area contributed by atoms with Crippen LogP contribution in [-0.4, -0.2) is 33.9 Å². The highest BCUT2D eigenvalue weighted by atomic mass is 32.2. The van der Waals surface area contributed by atoms with Gasteiger partial charge in [0.15, 0.2) is 0 Å². The average Bonchev–Trinajstić information content (AvgIpc) is 2.75. The summed E-state index contributed by atoms with van der Waals surface area (Å²) in [6.45, 7) is 0.408. The monoisotopic (exact) mass is 214 g/mol. The van der Waals surface area contributed by atoms with Gasteiger partial charge >= 0.3 is 0 Å². The lowest BCUT2D eigenvalue weighted by Crippen LogP contribution is -2.54. The summed E-state index contributed by atoms with van der Waals surface area (Å²) < 4.78 is 0. The molecule has 1 aliphatic heterocycles. The Hall–Kier alpha value is -0.550. The van der Waals surface area contributed by atoms with Crippen molar-refractivity contribution in [3.8, 4) is 0 Å². The number of nitrogens with zero attached hydrogens (tertiary/aromatic N) is 1. The van der Waals surface area contributed by atoms with Gasteiger partial charge in [0, 0.05) is 6.54 Å². The van der Waals surface area contributed by atoms with Gasteiger partial charge in [-0.1, -0.05) is 24.6 Å². The summed E-state index contributed by atoms with van der Waals surface area (Å²) in [5.41, 5.74) is 5.37. The number of thioether (sulfide) groups is 1. The molecule has 4 nitrogen and oxygen atoms in total. The molecule has 0 aromatic carbocycles. The predicted molar refractivity (Wildman–Crippen MR) is 55.0 cm³/mol. The second kappa shape index (κ2) is 3.55. The van der Waals surface area contributed by atoms with Crippen LogP contribution in [0, 0.1) is 0 Å². The molecular weight excluding hydrogens is 200 g/mol. The van der Waals surface area contributed by atoms with Crippen molar-refractivity contribution in [2.24, 2.45) is 5.73 Å². The minimum Gasteiger partial charge on any atom is -0.328 e. The summed E-state index contributed by atoms with van der Waals surface area (Å²) in [5, 5.41) is -0.109. The summed E-state index contributed by atoms with van der Waals surface area (Å²) in [4.78, 5) is 24.5. The van der Waals surface area contributed by atoms with Crippen LogP contribution in [0.2, 0.25) is 0 Å². The molecule has 0 aromatic heterocycles. The van der Waals surface area contributed by atoms with E-state index in [0.29, 0.717) is 12.3 Å². The molecule has 0 unspecified atom stereocenters. The zero-order valence-corrected chi connectivity index (χ0v) is 8.81. The van der Waals surface area contributed by atoms with Gasteiger partial charge in [-0.2, -0.15) is 0 Å². The number of nitrogens with two attached hydrogens (primary N) is 1. The van der Waals surface area contributed by atoms with Gasteiger partial charge in [-0.15, -0.1) is 0 Å². The Kier molecular flexibility index (Phi) is 2.53. The van der Waals surface area contributed by atoms with Gasteiger partial charge in [0.2, 0.25) is 5.91 Å². The number of hydrogen-bond acceptors (Lipinski definition) is 4. The number of rotatable bonds is 2. The van der Waals surface area contributed by atoms with Crippen molar-refractivity contribution in [1.82, 2.24) is 4.90 Å². The summed E-state index contributed by atoms with van der Waals surface area (Å²) in [7, 11) is 0. The van der Waals surface area contributed by atoms with E-state index in [0.717, 1.165) is 37.4 Å². The minimum absolute atomic E-state index is 0.0626. The highest BCUT2D eigenvalue weighted by Gasteiger charge is 2.47. The molecule has 0 atom stereocenters. The van der Waals surface area contributed by atoms with Crippen LogP contribution < -0.4 is 5.73 Å². The van der Waals surface area contributed by atoms with Crippen molar-refractivity contribution in [2.75, 3.05) is 12.3 Å². The van der Waals surface area contributed by atoms with Crippen LogP contribution in [0.4, 0.5) is 4.79 Å². The molecule has 2 rings (SSSR count). The summed E-state index contributed by atoms with van der Waals surface area (Å²) in [6.07, 6.45) is 3.89. The fourth-order valence-electron chi connectivity index (χ4n) is 2.36. The second-order valence-corrected chi connectivity index (χ2v) is 4.85. The smallest absolute Gasteiger partial charge is 0.289 e. The van der Waals surface area contributed by atoms with E-state index >= 15 is 0 Å². The first-order chi connectivity index (χ1) is 6.69.